The number of ether oxygens (including phenoxy) is 13. The van der Waals surface area contributed by atoms with E-state index in [-0.39, 0.29) is 0 Å². The van der Waals surface area contributed by atoms with E-state index in [1.54, 1.807) is 0 Å². The average molecular weight is 1030 g/mol. The smallest absolute Gasteiger partial charge is 0.275 e. The average Bonchev–Trinajstić information content (AvgIpc) is 3.33. The SMILES string of the molecule is CC(O)(O)O[C@@H]1[C@@H](O)[C@H]2O[C@H]3[C@H](O)[C@@H](O)[C@@H](O[C@H]4[C@H](O)[C@@H](O)[C@@H](O[C@H]5[C@H](O)[C@@H](O)[C@@H](O[C@H]6[C@H](O)[C@@H](O)[C@@H](O[C@H]7[C@H](O)[C@@H](O)[C@@H](O[C@H]1[C@@H](CO)O2)O[C@@H]7CO)O[C@@H]6CO)O[C@@H]5CO)O[C@@H]4CO)O[C@@H]3CO. The highest BCUT2D eigenvalue weighted by molar-refractivity contribution is 5.01. The van der Waals surface area contributed by atoms with Crippen LogP contribution in [0.3, 0.4) is 0 Å². The lowest BCUT2D eigenvalue weighted by Crippen LogP contribution is -2.69. The van der Waals surface area contributed by atoms with Gasteiger partial charge in [-0.05, 0) is 0 Å². The Morgan fingerprint density at radius 3 is 0.671 bits per heavy atom. The van der Waals surface area contributed by atoms with Gasteiger partial charge in [-0.2, -0.15) is 0 Å². The zero-order chi connectivity index (χ0) is 51.3. The van der Waals surface area contributed by atoms with Crippen molar-refractivity contribution in [3.63, 3.8) is 0 Å². The van der Waals surface area contributed by atoms with Crippen molar-refractivity contribution in [3.8, 4) is 0 Å². The predicted octanol–water partition coefficient (Wildman–Crippen LogP) is -13.4. The van der Waals surface area contributed by atoms with Crippen molar-refractivity contribution in [2.75, 3.05) is 39.6 Å². The minimum Gasteiger partial charge on any atom is -0.394 e. The Morgan fingerprint density at radius 1 is 0.286 bits per heavy atom. The lowest BCUT2D eigenvalue weighted by atomic mass is 9.94. The topological polar surface area (TPSA) is 504 Å². The molecule has 22 saturated heterocycles. The van der Waals surface area contributed by atoms with Crippen LogP contribution in [0.25, 0.3) is 0 Å². The van der Waals surface area contributed by atoms with Crippen LogP contribution in [0.4, 0.5) is 0 Å². The zero-order valence-corrected chi connectivity index (χ0v) is 36.9. The molecule has 22 aliphatic heterocycles. The van der Waals surface area contributed by atoms with Gasteiger partial charge in [0.25, 0.3) is 5.97 Å². The maximum atomic E-state index is 11.6. The molecule has 0 aromatic rings. The Kier molecular flexibility index (Phi) is 18.8. The van der Waals surface area contributed by atoms with Crippen LogP contribution in [0.15, 0.2) is 0 Å². The van der Waals surface area contributed by atoms with Gasteiger partial charge in [-0.3, -0.25) is 0 Å². The van der Waals surface area contributed by atoms with E-state index in [4.69, 9.17) is 61.6 Å². The fourth-order valence-corrected chi connectivity index (χ4v) is 9.30. The molecule has 0 saturated carbocycles. The lowest BCUT2D eigenvalue weighted by molar-refractivity contribution is -0.424. The first-order chi connectivity index (χ1) is 33.1. The summed E-state index contributed by atoms with van der Waals surface area (Å²) in [4.78, 5) is 0. The van der Waals surface area contributed by atoms with Crippen LogP contribution in [0, 0.1) is 0 Å². The molecule has 0 aliphatic carbocycles. The van der Waals surface area contributed by atoms with Gasteiger partial charge in [0.05, 0.1) is 39.6 Å². The summed E-state index contributed by atoms with van der Waals surface area (Å²) < 4.78 is 73.6. The number of aliphatic hydroxyl groups excluding tert-OH is 17. The molecule has 32 nitrogen and oxygen atoms in total. The molecular weight excluding hydrogens is 968 g/mol. The number of rotatable bonds is 8. The van der Waals surface area contributed by atoms with Crippen molar-refractivity contribution in [2.45, 2.75) is 197 Å². The molecule has 22 heterocycles. The highest BCUT2D eigenvalue weighted by Crippen LogP contribution is 2.39. The van der Waals surface area contributed by atoms with Crippen molar-refractivity contribution in [3.05, 3.63) is 0 Å². The highest BCUT2D eigenvalue weighted by Gasteiger charge is 2.59. The van der Waals surface area contributed by atoms with Crippen LogP contribution in [-0.2, 0) is 61.6 Å². The molecule has 0 aromatic heterocycles. The molecule has 70 heavy (non-hydrogen) atoms. The number of aliphatic hydroxyl groups is 19. The largest absolute Gasteiger partial charge is 0.394 e. The van der Waals surface area contributed by atoms with E-state index < -0.39 is 230 Å². The molecule has 19 N–H and O–H groups in total. The molecule has 22 aliphatic rings. The molecular formula is C38H64O32. The monoisotopic (exact) mass is 1030 g/mol. The van der Waals surface area contributed by atoms with Crippen molar-refractivity contribution in [1.29, 1.82) is 0 Å². The van der Waals surface area contributed by atoms with Gasteiger partial charge in [-0.15, -0.1) is 0 Å². The van der Waals surface area contributed by atoms with Gasteiger partial charge in [0.15, 0.2) is 37.7 Å². The third kappa shape index (κ3) is 11.3. The van der Waals surface area contributed by atoms with Gasteiger partial charge in [0, 0.05) is 6.92 Å². The Balaban J connectivity index is 1.22. The van der Waals surface area contributed by atoms with E-state index in [9.17, 15) is 97.0 Å². The fourth-order valence-electron chi connectivity index (χ4n) is 9.30. The molecule has 0 aromatic carbocycles. The predicted molar refractivity (Wildman–Crippen MR) is 208 cm³/mol. The van der Waals surface area contributed by atoms with Crippen molar-refractivity contribution in [2.24, 2.45) is 0 Å². The van der Waals surface area contributed by atoms with E-state index in [1.165, 1.54) is 0 Å². The molecule has 0 spiro atoms. The summed E-state index contributed by atoms with van der Waals surface area (Å²) in [6, 6.07) is 0. The normalized spacial score (nSPS) is 53.1. The van der Waals surface area contributed by atoms with Crippen LogP contribution >= 0.6 is 0 Å². The van der Waals surface area contributed by atoms with Crippen molar-refractivity contribution >= 4 is 0 Å². The summed E-state index contributed by atoms with van der Waals surface area (Å²) in [5, 5.41) is 207. The zero-order valence-electron chi connectivity index (χ0n) is 36.9. The highest BCUT2D eigenvalue weighted by atomic mass is 16.8. The third-order valence-corrected chi connectivity index (χ3v) is 13.0. The molecule has 0 unspecified atom stereocenters. The first-order valence-corrected chi connectivity index (χ1v) is 22.2. The second kappa shape index (κ2) is 23.3. The summed E-state index contributed by atoms with van der Waals surface area (Å²) in [7, 11) is 0. The molecule has 30 atom stereocenters. The third-order valence-electron chi connectivity index (χ3n) is 13.0. The lowest BCUT2D eigenvalue weighted by Gasteiger charge is -2.51. The van der Waals surface area contributed by atoms with E-state index >= 15 is 0 Å². The van der Waals surface area contributed by atoms with Gasteiger partial charge in [-0.1, -0.05) is 0 Å². The fraction of sp³-hybridized carbons (Fsp3) is 1.00. The maximum Gasteiger partial charge on any atom is 0.275 e. The minimum absolute atomic E-state index is 0.690. The summed E-state index contributed by atoms with van der Waals surface area (Å²) in [5.74, 6) is -3.12. The van der Waals surface area contributed by atoms with Gasteiger partial charge in [0.2, 0.25) is 0 Å². The molecule has 32 heteroatoms. The van der Waals surface area contributed by atoms with Gasteiger partial charge in [-0.25, -0.2) is 0 Å². The molecule has 0 amide bonds. The Hall–Kier alpha value is -1.28. The molecule has 22 fully saturated rings. The molecule has 0 radical (unpaired) electrons. The van der Waals surface area contributed by atoms with Crippen molar-refractivity contribution in [1.82, 2.24) is 0 Å². The summed E-state index contributed by atoms with van der Waals surface area (Å²) in [6.07, 6.45) is -60.1. The second-order valence-corrected chi connectivity index (χ2v) is 17.9. The number of hydrogen-bond acceptors (Lipinski definition) is 32. The van der Waals surface area contributed by atoms with Crippen molar-refractivity contribution < 1.29 is 159 Å². The molecule has 22 rings (SSSR count). The Morgan fingerprint density at radius 2 is 0.471 bits per heavy atom. The number of hydrogen-bond donors (Lipinski definition) is 19. The van der Waals surface area contributed by atoms with Crippen LogP contribution in [-0.4, -0.2) is 327 Å². The minimum atomic E-state index is -3.12. The molecule has 408 valence electrons. The van der Waals surface area contributed by atoms with Gasteiger partial charge in [0.1, 0.15) is 146 Å². The van der Waals surface area contributed by atoms with E-state index in [1.807, 2.05) is 0 Å². The first-order valence-electron chi connectivity index (χ1n) is 22.2. The van der Waals surface area contributed by atoms with Crippen LogP contribution < -0.4 is 0 Å². The van der Waals surface area contributed by atoms with Gasteiger partial charge >= 0.3 is 0 Å². The standard InChI is InChI=1S/C38H64O32/c1-38(56,57)70-31-24(55)37-63-13(7-44)30(31)69-36-23(54)18(49)28(11(5-42)62-36)67-34-21(52)16(47)26(9(3-40)60-34)65-32-19(50)14(45)25(8(2-39)58-32)64-33-20(51)15(46)27(10(4-41)59-33)66-35-22(53)17(48)29(68-37)12(6-43)61-35/h8-37,39-57H,2-7H2,1H3/t8-,9-,10-,11-,12-,13-,14-,15-,16-,17-,18-,19-,20-,21-,22-,23-,24-,25-,26-,27-,28-,29-,30+,31-,32-,33-,34-,35-,36-,37-/m1/s1. The molecule has 12 bridgehead atoms. The first kappa shape index (κ1) is 56.4. The van der Waals surface area contributed by atoms with E-state index in [0.717, 1.165) is 0 Å². The summed E-state index contributed by atoms with van der Waals surface area (Å²) in [5.41, 5.74) is 0. The van der Waals surface area contributed by atoms with Crippen LogP contribution in [0.1, 0.15) is 6.92 Å². The van der Waals surface area contributed by atoms with Crippen LogP contribution in [0.2, 0.25) is 0 Å². The van der Waals surface area contributed by atoms with Gasteiger partial charge < -0.3 is 159 Å². The summed E-state index contributed by atoms with van der Waals surface area (Å²) >= 11 is 0. The Bertz CT molecular complexity index is 1620. The van der Waals surface area contributed by atoms with Crippen LogP contribution in [0.5, 0.6) is 0 Å². The Labute approximate surface area is 395 Å². The maximum absolute atomic E-state index is 11.6. The quantitative estimate of drug-likeness (QED) is 0.100. The second-order valence-electron chi connectivity index (χ2n) is 17.9. The van der Waals surface area contributed by atoms with E-state index in [0.29, 0.717) is 6.92 Å². The van der Waals surface area contributed by atoms with E-state index in [2.05, 4.69) is 0 Å². The summed E-state index contributed by atoms with van der Waals surface area (Å²) in [6.45, 7) is -5.56.